The second-order valence-corrected chi connectivity index (χ2v) is 5.91. The van der Waals surface area contributed by atoms with Gasteiger partial charge in [-0.05, 0) is 6.92 Å². The average molecular weight is 440 g/mol. The van der Waals surface area contributed by atoms with Gasteiger partial charge in [0.2, 0.25) is 0 Å². The molecule has 2 aromatic heterocycles. The van der Waals surface area contributed by atoms with E-state index in [1.165, 1.54) is 12.7 Å². The number of rotatable bonds is 6. The van der Waals surface area contributed by atoms with Crippen LogP contribution in [-0.4, -0.2) is 83.4 Å². The molecule has 2 rings (SSSR count). The number of nitrogens with zero attached hydrogens (tertiary/aromatic N) is 7. The Bertz CT molecular complexity index is 979. The molecule has 0 spiro atoms. The van der Waals surface area contributed by atoms with Gasteiger partial charge in [-0.25, -0.2) is 33.3 Å². The predicted molar refractivity (Wildman–Crippen MR) is 108 cm³/mol. The molecule has 168 valence electrons. The summed E-state index contributed by atoms with van der Waals surface area (Å²) in [5.74, 6) is -1.71. The zero-order valence-electron chi connectivity index (χ0n) is 17.5. The highest BCUT2D eigenvalue weighted by atomic mass is 19.1. The lowest BCUT2D eigenvalue weighted by molar-refractivity contribution is 0.101. The van der Waals surface area contributed by atoms with Gasteiger partial charge in [0.05, 0.1) is 31.7 Å². The van der Waals surface area contributed by atoms with Crippen molar-refractivity contribution in [2.45, 2.75) is 6.92 Å². The molecule has 0 radical (unpaired) electrons. The predicted octanol–water partition coefficient (Wildman–Crippen LogP) is 1.50. The Morgan fingerprint density at radius 3 is 2.32 bits per heavy atom. The normalized spacial score (nSPS) is 10.5. The largest absolute Gasteiger partial charge is 0.516 e. The van der Waals surface area contributed by atoms with Crippen LogP contribution in [0, 0.1) is 11.6 Å². The van der Waals surface area contributed by atoms with Gasteiger partial charge in [0.15, 0.2) is 23.3 Å². The van der Waals surface area contributed by atoms with E-state index in [1.54, 1.807) is 44.9 Å². The minimum absolute atomic E-state index is 0.117. The van der Waals surface area contributed by atoms with E-state index in [-0.39, 0.29) is 24.3 Å². The van der Waals surface area contributed by atoms with Gasteiger partial charge in [-0.3, -0.25) is 4.98 Å². The van der Waals surface area contributed by atoms with Crippen LogP contribution in [0.2, 0.25) is 0 Å². The van der Waals surface area contributed by atoms with Crippen LogP contribution in [0.25, 0.3) is 0 Å². The zero-order valence-corrected chi connectivity index (χ0v) is 17.5. The van der Waals surface area contributed by atoms with Crippen molar-refractivity contribution >= 4 is 30.5 Å². The standard InChI is InChI=1S/C10H13FN4O3.C7H9FN4O/c1-4-17-10(16)18-9-12-5-7(11)8(14-9)13-6-15(2)3;1-12(2)4-10-6-5(8)3-9-7(13)11-6/h5-6H,4H2,1-3H3;3-4H,1-2H3,(H,9,11,13). The van der Waals surface area contributed by atoms with Crippen LogP contribution in [0.3, 0.4) is 0 Å². The summed E-state index contributed by atoms with van der Waals surface area (Å²) in [6.45, 7) is 1.78. The topological polar surface area (TPSA) is 138 Å². The van der Waals surface area contributed by atoms with E-state index in [9.17, 15) is 18.4 Å². The van der Waals surface area contributed by atoms with Crippen molar-refractivity contribution in [1.82, 2.24) is 29.7 Å². The van der Waals surface area contributed by atoms with Crippen molar-refractivity contribution in [1.29, 1.82) is 0 Å². The maximum Gasteiger partial charge on any atom is 0.516 e. The Hall–Kier alpha value is -3.97. The van der Waals surface area contributed by atoms with Gasteiger partial charge in [-0.1, -0.05) is 0 Å². The summed E-state index contributed by atoms with van der Waals surface area (Å²) in [7, 11) is 6.92. The van der Waals surface area contributed by atoms with Crippen LogP contribution in [-0.2, 0) is 4.74 Å². The first-order chi connectivity index (χ1) is 14.6. The van der Waals surface area contributed by atoms with Gasteiger partial charge in [-0.15, -0.1) is 0 Å². The number of aliphatic imine (C=N–C) groups is 2. The van der Waals surface area contributed by atoms with E-state index in [4.69, 9.17) is 0 Å². The molecule has 0 aliphatic carbocycles. The SMILES string of the molecule is CCOC(=O)Oc1ncc(F)c(N=CN(C)C)n1.CN(C)C=Nc1[nH]c(=O)ncc1F. The number of carbonyl (C=O) groups is 1. The summed E-state index contributed by atoms with van der Waals surface area (Å²) in [6, 6.07) is -0.319. The highest BCUT2D eigenvalue weighted by Gasteiger charge is 2.11. The lowest BCUT2D eigenvalue weighted by Gasteiger charge is -2.04. The van der Waals surface area contributed by atoms with Crippen molar-refractivity contribution in [3.63, 3.8) is 0 Å². The molecule has 0 aliphatic rings. The molecule has 0 fully saturated rings. The second kappa shape index (κ2) is 12.6. The monoisotopic (exact) mass is 440 g/mol. The Labute approximate surface area is 176 Å². The molecule has 0 saturated carbocycles. The molecule has 12 nitrogen and oxygen atoms in total. The number of ether oxygens (including phenoxy) is 2. The molecule has 0 amide bonds. The number of nitrogens with one attached hydrogen (secondary N) is 1. The molecular formula is C17H22F2N8O4. The van der Waals surface area contributed by atoms with Crippen molar-refractivity contribution in [3.05, 3.63) is 34.5 Å². The molecule has 0 aliphatic heterocycles. The Morgan fingerprint density at radius 1 is 1.10 bits per heavy atom. The van der Waals surface area contributed by atoms with E-state index < -0.39 is 23.5 Å². The van der Waals surface area contributed by atoms with E-state index in [2.05, 4.69) is 39.4 Å². The van der Waals surface area contributed by atoms with Gasteiger partial charge in [0.25, 0.3) is 0 Å². The summed E-state index contributed by atoms with van der Waals surface area (Å²) >= 11 is 0. The van der Waals surface area contributed by atoms with Gasteiger partial charge in [-0.2, -0.15) is 9.97 Å². The van der Waals surface area contributed by atoms with Crippen molar-refractivity contribution in [2.24, 2.45) is 9.98 Å². The fourth-order valence-electron chi connectivity index (χ4n) is 1.51. The zero-order chi connectivity index (χ0) is 23.4. The molecule has 0 aromatic carbocycles. The molecule has 1 N–H and O–H groups in total. The third-order valence-corrected chi connectivity index (χ3v) is 2.72. The van der Waals surface area contributed by atoms with E-state index in [1.807, 2.05) is 0 Å². The lowest BCUT2D eigenvalue weighted by atomic mass is 10.5. The minimum Gasteiger partial charge on any atom is -0.434 e. The number of hydrogen-bond acceptors (Lipinski definition) is 9. The fourth-order valence-corrected chi connectivity index (χ4v) is 1.51. The molecule has 2 heterocycles. The molecule has 0 saturated heterocycles. The first kappa shape index (κ1) is 25.1. The molecule has 0 bridgehead atoms. The number of aromatic amines is 1. The van der Waals surface area contributed by atoms with Crippen molar-refractivity contribution in [2.75, 3.05) is 34.8 Å². The van der Waals surface area contributed by atoms with Gasteiger partial charge < -0.3 is 19.3 Å². The number of aromatic nitrogens is 4. The quantitative estimate of drug-likeness (QED) is 0.402. The molecule has 14 heteroatoms. The number of H-pyrrole nitrogens is 1. The van der Waals surface area contributed by atoms with E-state index in [0.29, 0.717) is 0 Å². The minimum atomic E-state index is -0.952. The van der Waals surface area contributed by atoms with E-state index in [0.717, 1.165) is 12.4 Å². The van der Waals surface area contributed by atoms with Crippen LogP contribution >= 0.6 is 0 Å². The summed E-state index contributed by atoms with van der Waals surface area (Å²) in [5, 5.41) is 0. The van der Waals surface area contributed by atoms with Crippen LogP contribution in [0.5, 0.6) is 6.01 Å². The molecule has 0 atom stereocenters. The third kappa shape index (κ3) is 9.87. The number of carbonyl (C=O) groups excluding carboxylic acids is 1. The van der Waals surface area contributed by atoms with Gasteiger partial charge in [0, 0.05) is 28.2 Å². The Morgan fingerprint density at radius 2 is 1.71 bits per heavy atom. The summed E-state index contributed by atoms with van der Waals surface area (Å²) < 4.78 is 35.3. The van der Waals surface area contributed by atoms with Gasteiger partial charge in [0.1, 0.15) is 0 Å². The number of halogens is 2. The maximum absolute atomic E-state index is 13.3. The van der Waals surface area contributed by atoms with E-state index >= 15 is 0 Å². The number of hydrogen-bond donors (Lipinski definition) is 1. The van der Waals surface area contributed by atoms with Crippen LogP contribution in [0.15, 0.2) is 27.2 Å². The van der Waals surface area contributed by atoms with Crippen LogP contribution < -0.4 is 10.4 Å². The first-order valence-corrected chi connectivity index (χ1v) is 8.65. The van der Waals surface area contributed by atoms with Crippen molar-refractivity contribution in [3.8, 4) is 6.01 Å². The van der Waals surface area contributed by atoms with Crippen molar-refractivity contribution < 1.29 is 23.0 Å². The maximum atomic E-state index is 13.3. The lowest BCUT2D eigenvalue weighted by Crippen LogP contribution is -2.12. The molecular weight excluding hydrogens is 418 g/mol. The first-order valence-electron chi connectivity index (χ1n) is 8.65. The molecule has 2 aromatic rings. The molecule has 0 unspecified atom stereocenters. The third-order valence-electron chi connectivity index (χ3n) is 2.72. The Kier molecular flexibility index (Phi) is 10.2. The summed E-state index contributed by atoms with van der Waals surface area (Å²) in [5.41, 5.74) is -0.618. The van der Waals surface area contributed by atoms with Crippen LogP contribution in [0.4, 0.5) is 25.2 Å². The fraction of sp³-hybridized carbons (Fsp3) is 0.353. The molecule has 31 heavy (non-hydrogen) atoms. The highest BCUT2D eigenvalue weighted by molar-refractivity contribution is 5.63. The second-order valence-electron chi connectivity index (χ2n) is 5.91. The van der Waals surface area contributed by atoms with Gasteiger partial charge >= 0.3 is 17.9 Å². The highest BCUT2D eigenvalue weighted by Crippen LogP contribution is 2.16. The average Bonchev–Trinajstić information content (AvgIpc) is 2.69. The smallest absolute Gasteiger partial charge is 0.434 e. The van der Waals surface area contributed by atoms with Crippen LogP contribution in [0.1, 0.15) is 6.92 Å². The summed E-state index contributed by atoms with van der Waals surface area (Å²) in [4.78, 5) is 44.8. The summed E-state index contributed by atoms with van der Waals surface area (Å²) in [6.07, 6.45) is 3.49. The Balaban J connectivity index is 0.000000327.